The van der Waals surface area contributed by atoms with Gasteiger partial charge in [-0.3, -0.25) is 0 Å². The standard InChI is InChI=1S/C10H21BO/c1-3-5-6-8-10(7-4-2)9-12-11/h10H,3-9H2,1-2H3. The lowest BCUT2D eigenvalue weighted by molar-refractivity contribution is 0.244. The molecule has 0 N–H and O–H groups in total. The van der Waals surface area contributed by atoms with E-state index in [0.717, 1.165) is 6.61 Å². The highest BCUT2D eigenvalue weighted by molar-refractivity contribution is 5.97. The molecule has 2 radical (unpaired) electrons. The van der Waals surface area contributed by atoms with Crippen LogP contribution in [0.15, 0.2) is 0 Å². The number of unbranched alkanes of at least 4 members (excludes halogenated alkanes) is 2. The van der Waals surface area contributed by atoms with Crippen LogP contribution in [0.1, 0.15) is 52.4 Å². The fraction of sp³-hybridized carbons (Fsp3) is 1.00. The Labute approximate surface area is 78.3 Å². The number of hydrogen-bond donors (Lipinski definition) is 0. The van der Waals surface area contributed by atoms with Gasteiger partial charge in [0.2, 0.25) is 0 Å². The van der Waals surface area contributed by atoms with Crippen molar-refractivity contribution >= 4 is 8.05 Å². The van der Waals surface area contributed by atoms with Crippen LogP contribution >= 0.6 is 0 Å². The molecular weight excluding hydrogens is 147 g/mol. The van der Waals surface area contributed by atoms with Gasteiger partial charge in [-0.05, 0) is 18.8 Å². The summed E-state index contributed by atoms with van der Waals surface area (Å²) < 4.78 is 4.69. The van der Waals surface area contributed by atoms with E-state index in [0.29, 0.717) is 5.92 Å². The smallest absolute Gasteiger partial charge is 0.282 e. The lowest BCUT2D eigenvalue weighted by Gasteiger charge is -2.14. The predicted octanol–water partition coefficient (Wildman–Crippen LogP) is 3.08. The van der Waals surface area contributed by atoms with E-state index in [1.165, 1.54) is 38.5 Å². The van der Waals surface area contributed by atoms with Crippen molar-refractivity contribution in [2.24, 2.45) is 5.92 Å². The van der Waals surface area contributed by atoms with E-state index >= 15 is 0 Å². The summed E-state index contributed by atoms with van der Waals surface area (Å²) >= 11 is 0. The van der Waals surface area contributed by atoms with E-state index in [1.54, 1.807) is 0 Å². The molecular formula is C10H21BO. The number of rotatable bonds is 8. The van der Waals surface area contributed by atoms with Crippen LogP contribution < -0.4 is 0 Å². The van der Waals surface area contributed by atoms with Gasteiger partial charge in [0, 0.05) is 6.61 Å². The minimum absolute atomic E-state index is 0.687. The summed E-state index contributed by atoms with van der Waals surface area (Å²) in [6.07, 6.45) is 7.72. The Bertz CT molecular complexity index is 79.9. The molecule has 0 aliphatic rings. The summed E-state index contributed by atoms with van der Waals surface area (Å²) in [5.41, 5.74) is 0. The van der Waals surface area contributed by atoms with Crippen LogP contribution in [0.2, 0.25) is 0 Å². The van der Waals surface area contributed by atoms with Gasteiger partial charge in [-0.1, -0.05) is 39.5 Å². The molecule has 0 aromatic heterocycles. The average molecular weight is 168 g/mol. The second kappa shape index (κ2) is 9.12. The number of hydrogen-bond acceptors (Lipinski definition) is 1. The van der Waals surface area contributed by atoms with Crippen LogP contribution in [0.25, 0.3) is 0 Å². The van der Waals surface area contributed by atoms with Crippen LogP contribution in [-0.2, 0) is 4.65 Å². The second-order valence-electron chi connectivity index (χ2n) is 3.48. The first-order valence-corrected chi connectivity index (χ1v) is 5.16. The van der Waals surface area contributed by atoms with Crippen molar-refractivity contribution in [2.75, 3.05) is 6.61 Å². The van der Waals surface area contributed by atoms with Crippen molar-refractivity contribution in [2.45, 2.75) is 52.4 Å². The van der Waals surface area contributed by atoms with E-state index in [9.17, 15) is 0 Å². The first-order chi connectivity index (χ1) is 5.85. The molecule has 0 aliphatic carbocycles. The fourth-order valence-electron chi connectivity index (χ4n) is 1.54. The Morgan fingerprint density at radius 2 is 1.83 bits per heavy atom. The summed E-state index contributed by atoms with van der Waals surface area (Å²) in [5.74, 6) is 0.687. The molecule has 2 heteroatoms. The first-order valence-electron chi connectivity index (χ1n) is 5.16. The molecule has 0 rings (SSSR count). The monoisotopic (exact) mass is 168 g/mol. The minimum Gasteiger partial charge on any atom is -0.447 e. The lowest BCUT2D eigenvalue weighted by Crippen LogP contribution is -2.08. The van der Waals surface area contributed by atoms with E-state index in [2.05, 4.69) is 18.5 Å². The third-order valence-corrected chi connectivity index (χ3v) is 2.24. The molecule has 0 bridgehead atoms. The van der Waals surface area contributed by atoms with Crippen molar-refractivity contribution in [3.63, 3.8) is 0 Å². The van der Waals surface area contributed by atoms with Crippen molar-refractivity contribution < 1.29 is 4.65 Å². The molecule has 1 unspecified atom stereocenters. The Kier molecular flexibility index (Phi) is 9.13. The van der Waals surface area contributed by atoms with Crippen LogP contribution in [-0.4, -0.2) is 14.7 Å². The Hall–Kier alpha value is 0.0249. The molecule has 0 heterocycles. The van der Waals surface area contributed by atoms with Gasteiger partial charge in [0.05, 0.1) is 0 Å². The van der Waals surface area contributed by atoms with E-state index < -0.39 is 0 Å². The second-order valence-corrected chi connectivity index (χ2v) is 3.48. The van der Waals surface area contributed by atoms with Gasteiger partial charge in [0.25, 0.3) is 8.05 Å². The van der Waals surface area contributed by atoms with Gasteiger partial charge >= 0.3 is 0 Å². The maximum absolute atomic E-state index is 5.06. The predicted molar refractivity (Wildman–Crippen MR) is 54.2 cm³/mol. The molecule has 12 heavy (non-hydrogen) atoms. The van der Waals surface area contributed by atoms with E-state index in [-0.39, 0.29) is 0 Å². The van der Waals surface area contributed by atoms with Gasteiger partial charge in [-0.25, -0.2) is 0 Å². The zero-order valence-electron chi connectivity index (χ0n) is 8.51. The van der Waals surface area contributed by atoms with Crippen LogP contribution in [0.3, 0.4) is 0 Å². The zero-order valence-corrected chi connectivity index (χ0v) is 8.51. The fourth-order valence-corrected chi connectivity index (χ4v) is 1.54. The van der Waals surface area contributed by atoms with Crippen LogP contribution in [0, 0.1) is 5.92 Å². The summed E-state index contributed by atoms with van der Waals surface area (Å²) in [7, 11) is 5.06. The molecule has 1 atom stereocenters. The van der Waals surface area contributed by atoms with E-state index in [1.807, 2.05) is 0 Å². The summed E-state index contributed by atoms with van der Waals surface area (Å²) in [4.78, 5) is 0. The van der Waals surface area contributed by atoms with Crippen LogP contribution in [0.4, 0.5) is 0 Å². The third-order valence-electron chi connectivity index (χ3n) is 2.24. The van der Waals surface area contributed by atoms with Crippen molar-refractivity contribution in [3.8, 4) is 0 Å². The topological polar surface area (TPSA) is 9.23 Å². The molecule has 70 valence electrons. The Balaban J connectivity index is 3.34. The normalized spacial score (nSPS) is 13.2. The van der Waals surface area contributed by atoms with Crippen LogP contribution in [0.5, 0.6) is 0 Å². The summed E-state index contributed by atoms with van der Waals surface area (Å²) in [5, 5.41) is 0. The SMILES string of the molecule is [B]OCC(CCC)CCCCC. The lowest BCUT2D eigenvalue weighted by atomic mass is 9.97. The summed E-state index contributed by atoms with van der Waals surface area (Å²) in [6, 6.07) is 0. The van der Waals surface area contributed by atoms with Crippen molar-refractivity contribution in [1.82, 2.24) is 0 Å². The maximum Gasteiger partial charge on any atom is 0.282 e. The average Bonchev–Trinajstić information content (AvgIpc) is 2.06. The molecule has 0 saturated carbocycles. The Morgan fingerprint density at radius 1 is 1.08 bits per heavy atom. The highest BCUT2D eigenvalue weighted by Gasteiger charge is 2.05. The largest absolute Gasteiger partial charge is 0.447 e. The maximum atomic E-state index is 5.06. The molecule has 0 aromatic rings. The third kappa shape index (κ3) is 6.72. The molecule has 0 amide bonds. The highest BCUT2D eigenvalue weighted by Crippen LogP contribution is 2.15. The summed E-state index contributed by atoms with van der Waals surface area (Å²) in [6.45, 7) is 5.18. The van der Waals surface area contributed by atoms with Crippen molar-refractivity contribution in [1.29, 1.82) is 0 Å². The molecule has 0 saturated heterocycles. The zero-order chi connectivity index (χ0) is 9.23. The Morgan fingerprint density at radius 3 is 2.33 bits per heavy atom. The van der Waals surface area contributed by atoms with Crippen molar-refractivity contribution in [3.05, 3.63) is 0 Å². The highest BCUT2D eigenvalue weighted by atomic mass is 16.4. The van der Waals surface area contributed by atoms with E-state index in [4.69, 9.17) is 8.05 Å². The molecule has 0 aliphatic heterocycles. The first kappa shape index (κ1) is 12.0. The van der Waals surface area contributed by atoms with Gasteiger partial charge in [0.1, 0.15) is 0 Å². The minimum atomic E-state index is 0.687. The molecule has 0 spiro atoms. The molecule has 0 fully saturated rings. The van der Waals surface area contributed by atoms with Gasteiger partial charge in [-0.15, -0.1) is 0 Å². The van der Waals surface area contributed by atoms with Gasteiger partial charge in [-0.2, -0.15) is 0 Å². The van der Waals surface area contributed by atoms with Gasteiger partial charge < -0.3 is 4.65 Å². The van der Waals surface area contributed by atoms with Gasteiger partial charge in [0.15, 0.2) is 0 Å². The molecule has 1 nitrogen and oxygen atoms in total. The quantitative estimate of drug-likeness (QED) is 0.399. The molecule has 0 aromatic carbocycles.